The Morgan fingerprint density at radius 1 is 0.636 bits per heavy atom. The quantitative estimate of drug-likeness (QED) is 0.413. The van der Waals surface area contributed by atoms with Crippen molar-refractivity contribution in [2.75, 3.05) is 0 Å². The van der Waals surface area contributed by atoms with E-state index in [4.69, 9.17) is 0 Å². The summed E-state index contributed by atoms with van der Waals surface area (Å²) in [4.78, 5) is 4.41. The van der Waals surface area contributed by atoms with Gasteiger partial charge in [-0.15, -0.1) is 0 Å². The maximum atomic E-state index is 10.8. The van der Waals surface area contributed by atoms with E-state index in [9.17, 15) is 5.11 Å². The molecule has 0 amide bonds. The van der Waals surface area contributed by atoms with Crippen molar-refractivity contribution in [1.82, 2.24) is 4.98 Å². The minimum Gasteiger partial charge on any atom is -0.507 e. The normalized spacial score (nSPS) is 10.5. The fraction of sp³-hybridized carbons (Fsp3) is 0. The van der Waals surface area contributed by atoms with Crippen molar-refractivity contribution < 1.29 is 25.2 Å². The first kappa shape index (κ1) is 14.7. The number of rotatable bonds is 1. The molecule has 109 valence electrons. The molecule has 0 fully saturated rings. The van der Waals surface area contributed by atoms with Gasteiger partial charge in [0.1, 0.15) is 5.75 Å². The van der Waals surface area contributed by atoms with E-state index in [1.807, 2.05) is 60.7 Å². The molecule has 1 N–H and O–H groups in total. The standard InChI is InChI=1S/C19H13NO.Ir/c21-19-16-10-4-2-8-14(16)13-7-1-3-9-15(13)18(19)17-11-5-6-12-20-17;/h1-12,21H;. The number of aromatic hydroxyl groups is 1. The van der Waals surface area contributed by atoms with Crippen molar-refractivity contribution in [2.24, 2.45) is 0 Å². The third-order valence-electron chi connectivity index (χ3n) is 3.83. The number of benzene rings is 3. The summed E-state index contributed by atoms with van der Waals surface area (Å²) >= 11 is 0. The third kappa shape index (κ3) is 2.19. The largest absolute Gasteiger partial charge is 0.507 e. The number of hydrogen-bond acceptors (Lipinski definition) is 2. The van der Waals surface area contributed by atoms with Crippen LogP contribution in [0.25, 0.3) is 32.8 Å². The monoisotopic (exact) mass is 464 g/mol. The molecule has 22 heavy (non-hydrogen) atoms. The molecule has 0 aliphatic carbocycles. The predicted molar refractivity (Wildman–Crippen MR) is 86.3 cm³/mol. The second kappa shape index (κ2) is 5.88. The summed E-state index contributed by atoms with van der Waals surface area (Å²) in [6.45, 7) is 0. The van der Waals surface area contributed by atoms with E-state index in [1.165, 1.54) is 0 Å². The van der Waals surface area contributed by atoms with Gasteiger partial charge < -0.3 is 5.11 Å². The number of aromatic nitrogens is 1. The minimum absolute atomic E-state index is 0. The summed E-state index contributed by atoms with van der Waals surface area (Å²) < 4.78 is 0. The topological polar surface area (TPSA) is 33.1 Å². The zero-order chi connectivity index (χ0) is 14.2. The number of pyridine rings is 1. The molecule has 0 aliphatic rings. The first-order valence-electron chi connectivity index (χ1n) is 6.90. The molecular weight excluding hydrogens is 450 g/mol. The van der Waals surface area contributed by atoms with Crippen LogP contribution in [0.4, 0.5) is 0 Å². The zero-order valence-corrected chi connectivity index (χ0v) is 14.1. The number of phenolic OH excluding ortho intramolecular Hbond substituents is 1. The Labute approximate surface area is 141 Å². The Balaban J connectivity index is 0.00000144. The molecule has 0 atom stereocenters. The number of nitrogens with zero attached hydrogens (tertiary/aromatic N) is 1. The van der Waals surface area contributed by atoms with Crippen LogP contribution < -0.4 is 0 Å². The summed E-state index contributed by atoms with van der Waals surface area (Å²) in [7, 11) is 0. The van der Waals surface area contributed by atoms with Crippen LogP contribution in [0.2, 0.25) is 0 Å². The molecule has 4 rings (SSSR count). The molecule has 0 saturated carbocycles. The van der Waals surface area contributed by atoms with E-state index in [2.05, 4.69) is 11.1 Å². The molecule has 2 nitrogen and oxygen atoms in total. The van der Waals surface area contributed by atoms with Gasteiger partial charge in [0.05, 0.1) is 11.3 Å². The molecule has 0 aliphatic heterocycles. The second-order valence-electron chi connectivity index (χ2n) is 5.03. The van der Waals surface area contributed by atoms with Crippen LogP contribution in [0, 0.1) is 0 Å². The number of fused-ring (bicyclic) bond motifs is 3. The Bertz CT molecular complexity index is 951. The van der Waals surface area contributed by atoms with Crippen molar-refractivity contribution in [3.05, 3.63) is 72.9 Å². The molecule has 3 heteroatoms. The van der Waals surface area contributed by atoms with Gasteiger partial charge >= 0.3 is 0 Å². The number of hydrogen-bond donors (Lipinski definition) is 1. The average Bonchev–Trinajstić information content (AvgIpc) is 2.56. The zero-order valence-electron chi connectivity index (χ0n) is 11.7. The van der Waals surface area contributed by atoms with Crippen LogP contribution in [0.5, 0.6) is 5.75 Å². The van der Waals surface area contributed by atoms with Crippen molar-refractivity contribution in [3.63, 3.8) is 0 Å². The van der Waals surface area contributed by atoms with E-state index >= 15 is 0 Å². The Kier molecular flexibility index (Phi) is 3.93. The van der Waals surface area contributed by atoms with Crippen LogP contribution in [0.15, 0.2) is 72.9 Å². The molecule has 0 bridgehead atoms. The first-order valence-corrected chi connectivity index (χ1v) is 6.90. The minimum atomic E-state index is 0. The number of phenols is 1. The van der Waals surface area contributed by atoms with E-state index in [1.54, 1.807) is 6.20 Å². The molecular formula is C19H13IrNO. The van der Waals surface area contributed by atoms with E-state index in [-0.39, 0.29) is 20.1 Å². The van der Waals surface area contributed by atoms with Crippen LogP contribution in [-0.4, -0.2) is 10.1 Å². The van der Waals surface area contributed by atoms with Crippen LogP contribution in [-0.2, 0) is 20.1 Å². The van der Waals surface area contributed by atoms with Gasteiger partial charge in [0.15, 0.2) is 0 Å². The summed E-state index contributed by atoms with van der Waals surface area (Å²) in [6.07, 6.45) is 1.75. The van der Waals surface area contributed by atoms with Crippen LogP contribution in [0.3, 0.4) is 0 Å². The van der Waals surface area contributed by atoms with Gasteiger partial charge in [0.25, 0.3) is 0 Å². The fourth-order valence-corrected chi connectivity index (χ4v) is 2.89. The maximum Gasteiger partial charge on any atom is 0.133 e. The smallest absolute Gasteiger partial charge is 0.133 e. The van der Waals surface area contributed by atoms with Gasteiger partial charge in [0, 0.05) is 31.7 Å². The van der Waals surface area contributed by atoms with Gasteiger partial charge in [-0.1, -0.05) is 54.6 Å². The Hall–Kier alpha value is -2.22. The summed E-state index contributed by atoms with van der Waals surface area (Å²) in [5, 5.41) is 14.8. The summed E-state index contributed by atoms with van der Waals surface area (Å²) in [5.74, 6) is 0.294. The van der Waals surface area contributed by atoms with Crippen molar-refractivity contribution in [3.8, 4) is 17.0 Å². The van der Waals surface area contributed by atoms with Crippen LogP contribution in [0.1, 0.15) is 0 Å². The third-order valence-corrected chi connectivity index (χ3v) is 3.83. The van der Waals surface area contributed by atoms with Gasteiger partial charge in [-0.3, -0.25) is 4.98 Å². The van der Waals surface area contributed by atoms with E-state index < -0.39 is 0 Å². The summed E-state index contributed by atoms with van der Waals surface area (Å²) in [6, 6.07) is 21.8. The SMILES string of the molecule is Oc1c(-c2ccccn2)c2ccccc2c2ccccc12.[Ir]. The second-order valence-corrected chi connectivity index (χ2v) is 5.03. The molecule has 0 saturated heterocycles. The van der Waals surface area contributed by atoms with Gasteiger partial charge in [-0.05, 0) is 28.3 Å². The predicted octanol–water partition coefficient (Wildman–Crippen LogP) is 4.76. The van der Waals surface area contributed by atoms with Crippen molar-refractivity contribution in [1.29, 1.82) is 0 Å². The molecule has 1 radical (unpaired) electrons. The molecule has 1 aromatic heterocycles. The van der Waals surface area contributed by atoms with Crippen molar-refractivity contribution >= 4 is 21.5 Å². The molecule has 0 spiro atoms. The van der Waals surface area contributed by atoms with Gasteiger partial charge in [-0.25, -0.2) is 0 Å². The Morgan fingerprint density at radius 2 is 1.18 bits per heavy atom. The summed E-state index contributed by atoms with van der Waals surface area (Å²) in [5.41, 5.74) is 1.59. The maximum absolute atomic E-state index is 10.8. The van der Waals surface area contributed by atoms with Gasteiger partial charge in [0.2, 0.25) is 0 Å². The first-order chi connectivity index (χ1) is 10.4. The van der Waals surface area contributed by atoms with Crippen LogP contribution >= 0.6 is 0 Å². The molecule has 1 heterocycles. The fourth-order valence-electron chi connectivity index (χ4n) is 2.89. The van der Waals surface area contributed by atoms with Crippen molar-refractivity contribution in [2.45, 2.75) is 0 Å². The molecule has 0 unspecified atom stereocenters. The van der Waals surface area contributed by atoms with Gasteiger partial charge in [-0.2, -0.15) is 0 Å². The molecule has 3 aromatic carbocycles. The van der Waals surface area contributed by atoms with E-state index in [0.29, 0.717) is 5.75 Å². The Morgan fingerprint density at radius 3 is 1.82 bits per heavy atom. The molecule has 4 aromatic rings. The van der Waals surface area contributed by atoms with E-state index in [0.717, 1.165) is 32.8 Å². The average molecular weight is 464 g/mol.